The molecule has 2 aromatic carbocycles. The Kier molecular flexibility index (Phi) is 4.53. The third-order valence-corrected chi connectivity index (χ3v) is 6.33. The standard InChI is InChI=1S/C22H17ClN2O3S/c1-27-22(26)14-6-4-13(5-7-14)21-25-18(12-17(24-25)20-3-2-10-29-20)16-11-15(23)8-9-19(16)28-21/h2-11,18,21H,12H2,1H3/t18-,21-/m0/s1. The molecular weight excluding hydrogens is 408 g/mol. The van der Waals surface area contributed by atoms with Gasteiger partial charge in [0.1, 0.15) is 5.75 Å². The Bertz CT molecular complexity index is 1100. The molecule has 0 fully saturated rings. The molecule has 0 N–H and O–H groups in total. The molecule has 29 heavy (non-hydrogen) atoms. The van der Waals surface area contributed by atoms with Crippen LogP contribution in [0.1, 0.15) is 45.1 Å². The molecule has 5 rings (SSSR count). The van der Waals surface area contributed by atoms with Crippen molar-refractivity contribution in [3.8, 4) is 5.75 Å². The number of fused-ring (bicyclic) bond motifs is 3. The molecular formula is C22H17ClN2O3S. The maximum Gasteiger partial charge on any atom is 0.337 e. The predicted molar refractivity (Wildman–Crippen MR) is 113 cm³/mol. The molecule has 0 saturated heterocycles. The SMILES string of the molecule is COC(=O)c1ccc([C@@H]2Oc3ccc(Cl)cc3[C@@H]3CC(c4cccs4)=NN32)cc1. The van der Waals surface area contributed by atoms with Crippen LogP contribution in [0.3, 0.4) is 0 Å². The smallest absolute Gasteiger partial charge is 0.337 e. The summed E-state index contributed by atoms with van der Waals surface area (Å²) in [4.78, 5) is 12.9. The lowest BCUT2D eigenvalue weighted by atomic mass is 9.97. The Morgan fingerprint density at radius 1 is 1.24 bits per heavy atom. The van der Waals surface area contributed by atoms with Crippen LogP contribution in [0.25, 0.3) is 0 Å². The van der Waals surface area contributed by atoms with Gasteiger partial charge in [-0.25, -0.2) is 9.80 Å². The van der Waals surface area contributed by atoms with Gasteiger partial charge in [0.15, 0.2) is 0 Å². The number of ether oxygens (including phenoxy) is 2. The highest BCUT2D eigenvalue weighted by molar-refractivity contribution is 7.12. The summed E-state index contributed by atoms with van der Waals surface area (Å²) in [5.74, 6) is 0.443. The van der Waals surface area contributed by atoms with Crippen molar-refractivity contribution in [1.82, 2.24) is 5.01 Å². The number of hydrogen-bond donors (Lipinski definition) is 0. The minimum atomic E-state index is -0.391. The number of methoxy groups -OCH3 is 1. The lowest BCUT2D eigenvalue weighted by Gasteiger charge is -2.38. The van der Waals surface area contributed by atoms with Gasteiger partial charge in [0, 0.05) is 22.6 Å². The molecule has 7 heteroatoms. The van der Waals surface area contributed by atoms with Crippen molar-refractivity contribution in [1.29, 1.82) is 0 Å². The first-order valence-corrected chi connectivity index (χ1v) is 10.4. The van der Waals surface area contributed by atoms with Crippen LogP contribution in [0.2, 0.25) is 5.02 Å². The molecule has 146 valence electrons. The van der Waals surface area contributed by atoms with E-state index in [0.29, 0.717) is 10.6 Å². The van der Waals surface area contributed by atoms with Crippen LogP contribution in [0, 0.1) is 0 Å². The van der Waals surface area contributed by atoms with Crippen molar-refractivity contribution < 1.29 is 14.3 Å². The number of benzene rings is 2. The molecule has 3 heterocycles. The summed E-state index contributed by atoms with van der Waals surface area (Å²) in [5.41, 5.74) is 3.49. The summed E-state index contributed by atoms with van der Waals surface area (Å²) in [6.07, 6.45) is 0.395. The van der Waals surface area contributed by atoms with Gasteiger partial charge in [-0.15, -0.1) is 11.3 Å². The molecule has 5 nitrogen and oxygen atoms in total. The van der Waals surface area contributed by atoms with E-state index < -0.39 is 6.23 Å². The van der Waals surface area contributed by atoms with Crippen LogP contribution >= 0.6 is 22.9 Å². The van der Waals surface area contributed by atoms with Gasteiger partial charge in [-0.3, -0.25) is 0 Å². The molecule has 0 bridgehead atoms. The number of hydrazone groups is 1. The predicted octanol–water partition coefficient (Wildman–Crippen LogP) is 5.43. The second-order valence-electron chi connectivity index (χ2n) is 6.89. The summed E-state index contributed by atoms with van der Waals surface area (Å²) in [6.45, 7) is 0. The molecule has 0 radical (unpaired) electrons. The average Bonchev–Trinajstić information content (AvgIpc) is 3.43. The molecule has 1 aromatic heterocycles. The Morgan fingerprint density at radius 2 is 2.07 bits per heavy atom. The minimum absolute atomic E-state index is 0.0415. The van der Waals surface area contributed by atoms with Crippen LogP contribution in [-0.4, -0.2) is 23.8 Å². The maximum absolute atomic E-state index is 11.8. The fourth-order valence-corrected chi connectivity index (χ4v) is 4.67. The van der Waals surface area contributed by atoms with Crippen molar-refractivity contribution in [2.24, 2.45) is 5.10 Å². The van der Waals surface area contributed by atoms with Crippen LogP contribution in [0.5, 0.6) is 5.75 Å². The van der Waals surface area contributed by atoms with Gasteiger partial charge in [-0.1, -0.05) is 29.8 Å². The first-order chi connectivity index (χ1) is 14.1. The van der Waals surface area contributed by atoms with Gasteiger partial charge >= 0.3 is 5.97 Å². The highest BCUT2D eigenvalue weighted by Gasteiger charge is 2.41. The fourth-order valence-electron chi connectivity index (χ4n) is 3.77. The average molecular weight is 425 g/mol. The lowest BCUT2D eigenvalue weighted by molar-refractivity contribution is -0.0190. The van der Waals surface area contributed by atoms with E-state index in [1.54, 1.807) is 23.5 Å². The number of nitrogens with zero attached hydrogens (tertiary/aromatic N) is 2. The molecule has 2 aliphatic rings. The van der Waals surface area contributed by atoms with Gasteiger partial charge in [0.25, 0.3) is 0 Å². The number of thiophene rings is 1. The topological polar surface area (TPSA) is 51.1 Å². The largest absolute Gasteiger partial charge is 0.465 e. The summed E-state index contributed by atoms with van der Waals surface area (Å²) < 4.78 is 11.1. The summed E-state index contributed by atoms with van der Waals surface area (Å²) >= 11 is 7.94. The van der Waals surface area contributed by atoms with E-state index in [9.17, 15) is 4.79 Å². The number of esters is 1. The minimum Gasteiger partial charge on any atom is -0.465 e. The third-order valence-electron chi connectivity index (χ3n) is 5.17. The lowest BCUT2D eigenvalue weighted by Crippen LogP contribution is -2.33. The third kappa shape index (κ3) is 3.18. The normalized spacial score (nSPS) is 19.8. The highest BCUT2D eigenvalue weighted by Crippen LogP contribution is 2.48. The quantitative estimate of drug-likeness (QED) is 0.526. The van der Waals surface area contributed by atoms with Crippen molar-refractivity contribution in [3.63, 3.8) is 0 Å². The van der Waals surface area contributed by atoms with Crippen LogP contribution in [0.4, 0.5) is 0 Å². The molecule has 2 aliphatic heterocycles. The van der Waals surface area contributed by atoms with E-state index >= 15 is 0 Å². The van der Waals surface area contributed by atoms with Gasteiger partial charge < -0.3 is 9.47 Å². The number of carbonyl (C=O) groups excluding carboxylic acids is 1. The van der Waals surface area contributed by atoms with E-state index in [1.165, 1.54) is 7.11 Å². The van der Waals surface area contributed by atoms with Gasteiger partial charge in [-0.05, 0) is 41.8 Å². The zero-order valence-corrected chi connectivity index (χ0v) is 17.1. The molecule has 0 unspecified atom stereocenters. The second kappa shape index (κ2) is 7.21. The molecule has 3 aromatic rings. The summed E-state index contributed by atoms with van der Waals surface area (Å²) in [5, 5.41) is 9.65. The van der Waals surface area contributed by atoms with Crippen molar-refractivity contribution in [2.45, 2.75) is 18.7 Å². The van der Waals surface area contributed by atoms with Crippen LogP contribution in [0.15, 0.2) is 65.1 Å². The van der Waals surface area contributed by atoms with Crippen molar-refractivity contribution in [3.05, 3.63) is 86.6 Å². The van der Waals surface area contributed by atoms with Gasteiger partial charge in [0.2, 0.25) is 6.23 Å². The highest BCUT2D eigenvalue weighted by atomic mass is 35.5. The van der Waals surface area contributed by atoms with Gasteiger partial charge in [0.05, 0.1) is 29.3 Å². The van der Waals surface area contributed by atoms with Crippen molar-refractivity contribution in [2.75, 3.05) is 7.11 Å². The Hall–Kier alpha value is -2.83. The number of halogens is 1. The molecule has 2 atom stereocenters. The van der Waals surface area contributed by atoms with E-state index in [-0.39, 0.29) is 12.0 Å². The van der Waals surface area contributed by atoms with E-state index in [1.807, 2.05) is 41.4 Å². The monoisotopic (exact) mass is 424 g/mol. The zero-order chi connectivity index (χ0) is 20.0. The Balaban J connectivity index is 1.56. The Morgan fingerprint density at radius 3 is 2.79 bits per heavy atom. The first-order valence-electron chi connectivity index (χ1n) is 9.18. The van der Waals surface area contributed by atoms with Crippen LogP contribution in [-0.2, 0) is 4.74 Å². The van der Waals surface area contributed by atoms with Gasteiger partial charge in [-0.2, -0.15) is 5.10 Å². The number of hydrogen-bond acceptors (Lipinski definition) is 6. The summed E-state index contributed by atoms with van der Waals surface area (Å²) in [6, 6.07) is 17.1. The van der Waals surface area contributed by atoms with Crippen LogP contribution < -0.4 is 4.74 Å². The first kappa shape index (κ1) is 18.2. The Labute approximate surface area is 177 Å². The van der Waals surface area contributed by atoms with Crippen molar-refractivity contribution >= 4 is 34.6 Å². The number of rotatable bonds is 3. The van der Waals surface area contributed by atoms with E-state index in [0.717, 1.165) is 33.9 Å². The van der Waals surface area contributed by atoms with E-state index in [4.69, 9.17) is 26.2 Å². The zero-order valence-electron chi connectivity index (χ0n) is 15.5. The molecule has 0 saturated carbocycles. The molecule has 0 amide bonds. The molecule has 0 spiro atoms. The second-order valence-corrected chi connectivity index (χ2v) is 8.27. The number of carbonyl (C=O) groups is 1. The van der Waals surface area contributed by atoms with E-state index in [2.05, 4.69) is 11.4 Å². The summed E-state index contributed by atoms with van der Waals surface area (Å²) in [7, 11) is 1.37. The fraction of sp³-hybridized carbons (Fsp3) is 0.182. The molecule has 0 aliphatic carbocycles. The maximum atomic E-state index is 11.8.